The third kappa shape index (κ3) is 3.18. The normalized spacial score (nSPS) is 13.3. The highest BCUT2D eigenvalue weighted by Gasteiger charge is 2.40. The number of carboxylic acids is 1. The molecule has 2 N–H and O–H groups in total. The fourth-order valence-corrected chi connectivity index (χ4v) is 2.93. The van der Waals surface area contributed by atoms with Crippen LogP contribution in [0.3, 0.4) is 0 Å². The van der Waals surface area contributed by atoms with Gasteiger partial charge >= 0.3 is 5.97 Å². The Hall–Kier alpha value is -2.63. The highest BCUT2D eigenvalue weighted by Crippen LogP contribution is 2.26. The smallest absolute Gasteiger partial charge is 0.334 e. The molecular formula is C18H23N3O3. The summed E-state index contributed by atoms with van der Waals surface area (Å²) >= 11 is 0. The maximum Gasteiger partial charge on any atom is 0.334 e. The molecule has 0 spiro atoms. The summed E-state index contributed by atoms with van der Waals surface area (Å²) in [6.45, 7) is 5.49. The van der Waals surface area contributed by atoms with Crippen molar-refractivity contribution in [2.24, 2.45) is 7.05 Å². The number of benzene rings is 1. The number of amides is 1. The summed E-state index contributed by atoms with van der Waals surface area (Å²) in [6, 6.07) is 8.79. The summed E-state index contributed by atoms with van der Waals surface area (Å²) in [6.07, 6.45) is 0.358. The van der Waals surface area contributed by atoms with Crippen LogP contribution >= 0.6 is 0 Å². The van der Waals surface area contributed by atoms with E-state index in [1.807, 2.05) is 27.0 Å². The van der Waals surface area contributed by atoms with Crippen molar-refractivity contribution >= 4 is 11.9 Å². The predicted octanol–water partition coefficient (Wildman–Crippen LogP) is 2.09. The van der Waals surface area contributed by atoms with Crippen molar-refractivity contribution in [2.75, 3.05) is 0 Å². The van der Waals surface area contributed by atoms with Gasteiger partial charge in [0.05, 0.1) is 12.1 Å². The van der Waals surface area contributed by atoms with Gasteiger partial charge in [0.1, 0.15) is 0 Å². The van der Waals surface area contributed by atoms with Crippen molar-refractivity contribution in [3.63, 3.8) is 0 Å². The number of hydrogen-bond acceptors (Lipinski definition) is 3. The molecular weight excluding hydrogens is 306 g/mol. The number of carbonyl (C=O) groups is 2. The zero-order valence-corrected chi connectivity index (χ0v) is 14.5. The summed E-state index contributed by atoms with van der Waals surface area (Å²) in [4.78, 5) is 24.5. The second-order valence-corrected chi connectivity index (χ2v) is 5.93. The number of carboxylic acid groups (broad SMARTS) is 1. The average molecular weight is 329 g/mol. The minimum Gasteiger partial charge on any atom is -0.479 e. The maximum absolute atomic E-state index is 12.6. The number of rotatable bonds is 6. The highest BCUT2D eigenvalue weighted by atomic mass is 16.4. The lowest BCUT2D eigenvalue weighted by atomic mass is 9.87. The lowest BCUT2D eigenvalue weighted by Gasteiger charge is -2.30. The van der Waals surface area contributed by atoms with E-state index in [0.29, 0.717) is 5.56 Å². The van der Waals surface area contributed by atoms with Crippen molar-refractivity contribution in [3.05, 3.63) is 52.8 Å². The summed E-state index contributed by atoms with van der Waals surface area (Å²) in [5, 5.41) is 16.8. The van der Waals surface area contributed by atoms with Gasteiger partial charge < -0.3 is 10.4 Å². The topological polar surface area (TPSA) is 84.2 Å². The van der Waals surface area contributed by atoms with Crippen molar-refractivity contribution in [3.8, 4) is 0 Å². The second-order valence-electron chi connectivity index (χ2n) is 5.93. The van der Waals surface area contributed by atoms with Crippen LogP contribution in [0.1, 0.15) is 35.9 Å². The van der Waals surface area contributed by atoms with Crippen molar-refractivity contribution in [2.45, 2.75) is 39.2 Å². The lowest BCUT2D eigenvalue weighted by molar-refractivity contribution is -0.148. The molecule has 1 amide bonds. The summed E-state index contributed by atoms with van der Waals surface area (Å²) < 4.78 is 1.72. The second kappa shape index (κ2) is 6.86. The predicted molar refractivity (Wildman–Crippen MR) is 90.6 cm³/mol. The van der Waals surface area contributed by atoms with E-state index in [1.165, 1.54) is 0 Å². The van der Waals surface area contributed by atoms with Gasteiger partial charge in [0.15, 0.2) is 5.54 Å². The summed E-state index contributed by atoms with van der Waals surface area (Å²) in [5.41, 5.74) is 1.65. The molecule has 1 aromatic heterocycles. The van der Waals surface area contributed by atoms with Gasteiger partial charge in [-0.1, -0.05) is 37.3 Å². The number of nitrogens with zero attached hydrogens (tertiary/aromatic N) is 2. The standard InChI is InChI=1S/C18H23N3O3/c1-5-18(17(23)24,14-9-7-6-8-10-14)19-16(22)11-15-12(2)20-21(4)13(15)3/h6-10H,5,11H2,1-4H3,(H,19,22)(H,23,24). The third-order valence-electron chi connectivity index (χ3n) is 4.51. The van der Waals surface area contributed by atoms with Crippen LogP contribution in [0.4, 0.5) is 0 Å². The monoisotopic (exact) mass is 329 g/mol. The van der Waals surface area contributed by atoms with Crippen LogP contribution in [-0.2, 0) is 28.6 Å². The molecule has 6 heteroatoms. The largest absolute Gasteiger partial charge is 0.479 e. The molecule has 1 unspecified atom stereocenters. The molecule has 0 radical (unpaired) electrons. The molecule has 2 rings (SSSR count). The van der Waals surface area contributed by atoms with E-state index in [-0.39, 0.29) is 18.7 Å². The van der Waals surface area contributed by atoms with Crippen LogP contribution in [0, 0.1) is 13.8 Å². The first kappa shape index (κ1) is 17.7. The van der Waals surface area contributed by atoms with Gasteiger partial charge in [-0.25, -0.2) is 4.79 Å². The van der Waals surface area contributed by atoms with Crippen LogP contribution in [0.2, 0.25) is 0 Å². The van der Waals surface area contributed by atoms with Crippen LogP contribution < -0.4 is 5.32 Å². The zero-order valence-electron chi connectivity index (χ0n) is 14.5. The Bertz CT molecular complexity index is 752. The number of aliphatic carboxylic acids is 1. The Labute approximate surface area is 141 Å². The molecule has 128 valence electrons. The molecule has 0 aliphatic rings. The first-order chi connectivity index (χ1) is 11.3. The number of nitrogens with one attached hydrogen (secondary N) is 1. The number of carbonyl (C=O) groups excluding carboxylic acids is 1. The number of hydrogen-bond donors (Lipinski definition) is 2. The summed E-state index contributed by atoms with van der Waals surface area (Å²) in [5.74, 6) is -1.40. The van der Waals surface area contributed by atoms with Gasteiger partial charge in [-0.15, -0.1) is 0 Å². The third-order valence-corrected chi connectivity index (χ3v) is 4.51. The van der Waals surface area contributed by atoms with Crippen molar-refractivity contribution in [1.82, 2.24) is 15.1 Å². The first-order valence-electron chi connectivity index (χ1n) is 7.90. The van der Waals surface area contributed by atoms with Crippen LogP contribution in [0.5, 0.6) is 0 Å². The van der Waals surface area contributed by atoms with Crippen LogP contribution in [0.15, 0.2) is 30.3 Å². The highest BCUT2D eigenvalue weighted by molar-refractivity contribution is 5.89. The Morgan fingerprint density at radius 2 is 1.88 bits per heavy atom. The molecule has 0 aliphatic carbocycles. The Kier molecular flexibility index (Phi) is 5.07. The average Bonchev–Trinajstić information content (AvgIpc) is 2.79. The van der Waals surface area contributed by atoms with Gasteiger partial charge in [0, 0.05) is 18.3 Å². The van der Waals surface area contributed by atoms with Gasteiger partial charge in [-0.05, 0) is 25.8 Å². The molecule has 0 saturated carbocycles. The maximum atomic E-state index is 12.6. The van der Waals surface area contributed by atoms with E-state index in [4.69, 9.17) is 0 Å². The summed E-state index contributed by atoms with van der Waals surface area (Å²) in [7, 11) is 1.82. The van der Waals surface area contributed by atoms with E-state index >= 15 is 0 Å². The molecule has 6 nitrogen and oxygen atoms in total. The molecule has 0 fully saturated rings. The van der Waals surface area contributed by atoms with Crippen molar-refractivity contribution < 1.29 is 14.7 Å². The van der Waals surface area contributed by atoms with E-state index in [2.05, 4.69) is 10.4 Å². The minimum atomic E-state index is -1.43. The molecule has 0 saturated heterocycles. The fourth-order valence-electron chi connectivity index (χ4n) is 2.93. The fraction of sp³-hybridized carbons (Fsp3) is 0.389. The Balaban J connectivity index is 2.30. The molecule has 24 heavy (non-hydrogen) atoms. The van der Waals surface area contributed by atoms with Gasteiger partial charge in [0.2, 0.25) is 5.91 Å². The SMILES string of the molecule is CCC(NC(=O)Cc1c(C)nn(C)c1C)(C(=O)O)c1ccccc1. The minimum absolute atomic E-state index is 0.105. The van der Waals surface area contributed by atoms with Gasteiger partial charge in [0.25, 0.3) is 0 Å². The van der Waals surface area contributed by atoms with Gasteiger partial charge in [-0.2, -0.15) is 5.10 Å². The first-order valence-corrected chi connectivity index (χ1v) is 7.90. The lowest BCUT2D eigenvalue weighted by Crippen LogP contribution is -2.52. The molecule has 1 aromatic carbocycles. The van der Waals surface area contributed by atoms with E-state index in [9.17, 15) is 14.7 Å². The Morgan fingerprint density at radius 3 is 2.33 bits per heavy atom. The number of aryl methyl sites for hydroxylation is 2. The molecule has 1 heterocycles. The molecule has 2 aromatic rings. The van der Waals surface area contributed by atoms with Crippen molar-refractivity contribution in [1.29, 1.82) is 0 Å². The zero-order chi connectivity index (χ0) is 17.9. The van der Waals surface area contributed by atoms with E-state index in [1.54, 1.807) is 35.9 Å². The van der Waals surface area contributed by atoms with E-state index in [0.717, 1.165) is 17.0 Å². The van der Waals surface area contributed by atoms with Crippen LogP contribution in [0.25, 0.3) is 0 Å². The molecule has 0 aliphatic heterocycles. The molecule has 0 bridgehead atoms. The Morgan fingerprint density at radius 1 is 1.25 bits per heavy atom. The van der Waals surface area contributed by atoms with Crippen LogP contribution in [-0.4, -0.2) is 26.8 Å². The number of aromatic nitrogens is 2. The van der Waals surface area contributed by atoms with Gasteiger partial charge in [-0.3, -0.25) is 9.48 Å². The molecule has 1 atom stereocenters. The quantitative estimate of drug-likeness (QED) is 0.850. The van der Waals surface area contributed by atoms with E-state index < -0.39 is 11.5 Å².